The van der Waals surface area contributed by atoms with Crippen molar-refractivity contribution >= 4 is 7.94 Å². The van der Waals surface area contributed by atoms with Gasteiger partial charge in [-0.2, -0.15) is 0 Å². The van der Waals surface area contributed by atoms with Gasteiger partial charge in [0.05, 0.1) is 0 Å². The van der Waals surface area contributed by atoms with E-state index in [0.717, 1.165) is 33.9 Å². The van der Waals surface area contributed by atoms with Crippen LogP contribution in [0.15, 0.2) is 72.8 Å². The van der Waals surface area contributed by atoms with Crippen molar-refractivity contribution in [1.82, 2.24) is 0 Å². The monoisotopic (exact) mass is 381 g/mol. The smallest absolute Gasteiger partial charge is 0.271 e. The Balaban J connectivity index is 2.02. The third-order valence-electron chi connectivity index (χ3n) is 4.38. The first-order chi connectivity index (χ1) is 13.0. The van der Waals surface area contributed by atoms with E-state index in [-0.39, 0.29) is 0 Å². The zero-order chi connectivity index (χ0) is 19.3. The van der Waals surface area contributed by atoms with Gasteiger partial charge in [-0.15, -0.1) is 0 Å². The molecule has 0 amide bonds. The van der Waals surface area contributed by atoms with Gasteiger partial charge >= 0.3 is 7.94 Å². The van der Waals surface area contributed by atoms with Gasteiger partial charge in [0.2, 0.25) is 0 Å². The summed E-state index contributed by atoms with van der Waals surface area (Å²) in [6.07, 6.45) is 0.615. The molecule has 0 radical (unpaired) electrons. The average Bonchev–Trinajstić information content (AvgIpc) is 2.67. The molecular formula is C23H26O3P+. The molecule has 0 aliphatic carbocycles. The number of aryl methyl sites for hydroxylation is 3. The Morgan fingerprint density at radius 3 is 1.11 bits per heavy atom. The minimum atomic E-state index is -2.72. The van der Waals surface area contributed by atoms with Gasteiger partial charge < -0.3 is 0 Å². The van der Waals surface area contributed by atoms with E-state index in [9.17, 15) is 0 Å². The largest absolute Gasteiger partial charge is 0.541 e. The van der Waals surface area contributed by atoms with Gasteiger partial charge in [-0.05, 0) is 62.6 Å². The second-order valence-electron chi connectivity index (χ2n) is 6.50. The summed E-state index contributed by atoms with van der Waals surface area (Å²) >= 11 is 0. The molecule has 0 spiro atoms. The van der Waals surface area contributed by atoms with Crippen molar-refractivity contribution in [2.45, 2.75) is 27.7 Å². The number of hydrogen-bond donors (Lipinski definition) is 0. The van der Waals surface area contributed by atoms with Crippen molar-refractivity contribution in [3.8, 4) is 17.2 Å². The Bertz CT molecular complexity index is 792. The lowest BCUT2D eigenvalue weighted by atomic mass is 10.2. The van der Waals surface area contributed by atoms with Crippen LogP contribution in [-0.4, -0.2) is 6.16 Å². The molecule has 0 aliphatic heterocycles. The van der Waals surface area contributed by atoms with E-state index in [2.05, 4.69) is 0 Å². The number of benzene rings is 3. The molecule has 140 valence electrons. The van der Waals surface area contributed by atoms with Crippen molar-refractivity contribution in [1.29, 1.82) is 0 Å². The molecule has 0 aromatic heterocycles. The number of para-hydroxylation sites is 3. The van der Waals surface area contributed by atoms with Crippen LogP contribution in [0.1, 0.15) is 23.6 Å². The molecule has 3 aromatic carbocycles. The molecule has 4 heteroatoms. The maximum absolute atomic E-state index is 6.47. The predicted molar refractivity (Wildman–Crippen MR) is 113 cm³/mol. The van der Waals surface area contributed by atoms with E-state index in [0.29, 0.717) is 6.16 Å². The summed E-state index contributed by atoms with van der Waals surface area (Å²) in [6.45, 7) is 8.13. The highest BCUT2D eigenvalue weighted by atomic mass is 31.2. The lowest BCUT2D eigenvalue weighted by molar-refractivity contribution is 0.353. The molecule has 0 atom stereocenters. The molecular weight excluding hydrogens is 355 g/mol. The third kappa shape index (κ3) is 4.61. The molecule has 0 fully saturated rings. The Morgan fingerprint density at radius 1 is 0.556 bits per heavy atom. The topological polar surface area (TPSA) is 27.7 Å². The predicted octanol–water partition coefficient (Wildman–Crippen LogP) is 6.93. The normalized spacial score (nSPS) is 11.1. The molecule has 0 unspecified atom stereocenters. The van der Waals surface area contributed by atoms with Crippen LogP contribution in [-0.2, 0) is 0 Å². The van der Waals surface area contributed by atoms with E-state index in [4.69, 9.17) is 13.6 Å². The van der Waals surface area contributed by atoms with Gasteiger partial charge in [-0.25, -0.2) is 0 Å². The first-order valence-electron chi connectivity index (χ1n) is 9.17. The molecule has 0 heterocycles. The first kappa shape index (κ1) is 19.3. The molecule has 3 rings (SSSR count). The van der Waals surface area contributed by atoms with E-state index >= 15 is 0 Å². The summed E-state index contributed by atoms with van der Waals surface area (Å²) in [4.78, 5) is 0. The van der Waals surface area contributed by atoms with Crippen molar-refractivity contribution in [2.24, 2.45) is 0 Å². The standard InChI is InChI=1S/C23H26O3P/c1-5-27(24-21-15-9-6-12-18(21)2,25-22-16-10-7-13-19(22)3)26-23-17-11-8-14-20(23)4/h6-17H,5H2,1-4H3/q+1. The maximum atomic E-state index is 6.47. The Kier molecular flexibility index (Phi) is 6.03. The average molecular weight is 381 g/mol. The Hall–Kier alpha value is -2.51. The van der Waals surface area contributed by atoms with Crippen molar-refractivity contribution in [2.75, 3.05) is 6.16 Å². The highest BCUT2D eigenvalue weighted by Crippen LogP contribution is 2.61. The molecule has 0 aliphatic rings. The summed E-state index contributed by atoms with van der Waals surface area (Å²) in [5, 5.41) is 0. The molecule has 0 N–H and O–H groups in total. The summed E-state index contributed by atoms with van der Waals surface area (Å²) in [5.41, 5.74) is 3.16. The van der Waals surface area contributed by atoms with Gasteiger partial charge in [0.15, 0.2) is 23.4 Å². The summed E-state index contributed by atoms with van der Waals surface area (Å²) in [6, 6.07) is 23.9. The van der Waals surface area contributed by atoms with Crippen LogP contribution in [0.25, 0.3) is 0 Å². The highest BCUT2D eigenvalue weighted by Gasteiger charge is 2.49. The fourth-order valence-corrected chi connectivity index (χ4v) is 4.69. The van der Waals surface area contributed by atoms with E-state index in [1.54, 1.807) is 0 Å². The van der Waals surface area contributed by atoms with Gasteiger partial charge in [0, 0.05) is 0 Å². The van der Waals surface area contributed by atoms with Crippen molar-refractivity contribution in [3.63, 3.8) is 0 Å². The third-order valence-corrected chi connectivity index (χ3v) is 6.58. The van der Waals surface area contributed by atoms with Gasteiger partial charge in [0.1, 0.15) is 0 Å². The molecule has 27 heavy (non-hydrogen) atoms. The van der Waals surface area contributed by atoms with Crippen LogP contribution >= 0.6 is 7.94 Å². The highest BCUT2D eigenvalue weighted by molar-refractivity contribution is 7.62. The number of hydrogen-bond acceptors (Lipinski definition) is 3. The van der Waals surface area contributed by atoms with Crippen LogP contribution in [0, 0.1) is 20.8 Å². The quantitative estimate of drug-likeness (QED) is 0.415. The van der Waals surface area contributed by atoms with Crippen LogP contribution < -0.4 is 13.6 Å². The Labute approximate surface area is 162 Å². The fraction of sp³-hybridized carbons (Fsp3) is 0.217. The number of rotatable bonds is 7. The van der Waals surface area contributed by atoms with E-state index in [1.165, 1.54) is 0 Å². The van der Waals surface area contributed by atoms with Crippen LogP contribution in [0.2, 0.25) is 0 Å². The fourth-order valence-electron chi connectivity index (χ4n) is 2.68. The minimum absolute atomic E-state index is 0.615. The lowest BCUT2D eigenvalue weighted by Gasteiger charge is -2.24. The SMILES string of the molecule is CC[P+](Oc1ccccc1C)(Oc1ccccc1C)Oc1ccccc1C. The molecule has 0 bridgehead atoms. The van der Waals surface area contributed by atoms with E-state index in [1.807, 2.05) is 100 Å². The zero-order valence-corrected chi connectivity index (χ0v) is 17.2. The van der Waals surface area contributed by atoms with Gasteiger partial charge in [-0.1, -0.05) is 54.6 Å². The van der Waals surface area contributed by atoms with Gasteiger partial charge in [0.25, 0.3) is 0 Å². The Morgan fingerprint density at radius 2 is 0.852 bits per heavy atom. The van der Waals surface area contributed by atoms with Gasteiger partial charge in [-0.3, -0.25) is 13.6 Å². The van der Waals surface area contributed by atoms with Crippen LogP contribution in [0.3, 0.4) is 0 Å². The lowest BCUT2D eigenvalue weighted by Crippen LogP contribution is -2.18. The molecule has 0 saturated heterocycles. The van der Waals surface area contributed by atoms with Crippen molar-refractivity contribution in [3.05, 3.63) is 89.5 Å². The second kappa shape index (κ2) is 8.45. The first-order valence-corrected chi connectivity index (χ1v) is 10.9. The van der Waals surface area contributed by atoms with E-state index < -0.39 is 7.94 Å². The summed E-state index contributed by atoms with van der Waals surface area (Å²) in [5.74, 6) is 2.36. The molecule has 3 nitrogen and oxygen atoms in total. The summed E-state index contributed by atoms with van der Waals surface area (Å²) < 4.78 is 19.4. The van der Waals surface area contributed by atoms with Crippen molar-refractivity contribution < 1.29 is 13.6 Å². The zero-order valence-electron chi connectivity index (χ0n) is 16.3. The second-order valence-corrected chi connectivity index (χ2v) is 8.90. The maximum Gasteiger partial charge on any atom is 0.541 e. The molecule has 3 aromatic rings. The molecule has 0 saturated carbocycles. The summed E-state index contributed by atoms with van der Waals surface area (Å²) in [7, 11) is -2.72. The van der Waals surface area contributed by atoms with Crippen LogP contribution in [0.5, 0.6) is 17.2 Å². The minimum Gasteiger partial charge on any atom is -0.271 e. The van der Waals surface area contributed by atoms with Crippen LogP contribution in [0.4, 0.5) is 0 Å².